The molecule has 0 saturated carbocycles. The van der Waals surface area contributed by atoms with Crippen molar-refractivity contribution >= 4 is 20.9 Å². The van der Waals surface area contributed by atoms with E-state index in [9.17, 15) is 13.0 Å². The predicted molar refractivity (Wildman–Crippen MR) is 95.2 cm³/mol. The largest absolute Gasteiger partial charge is 1.00 e. The first-order valence-corrected chi connectivity index (χ1v) is 9.33. The molecule has 0 atom stereocenters. The summed E-state index contributed by atoms with van der Waals surface area (Å²) in [6.45, 7) is 3.85. The van der Waals surface area contributed by atoms with Crippen molar-refractivity contribution in [3.63, 3.8) is 0 Å². The van der Waals surface area contributed by atoms with Gasteiger partial charge in [0.05, 0.1) is 4.90 Å². The minimum absolute atomic E-state index is 0. The topological polar surface area (TPSA) is 57.2 Å². The molecule has 0 unspecified atom stereocenters. The van der Waals surface area contributed by atoms with Crippen LogP contribution in [-0.4, -0.2) is 13.0 Å². The maximum absolute atomic E-state index is 12.0. The van der Waals surface area contributed by atoms with E-state index < -0.39 is 10.1 Å². The Hall–Kier alpha value is -1.17. The molecule has 3 aromatic carbocycles. The second-order valence-corrected chi connectivity index (χ2v) is 7.59. The molecule has 0 fully saturated rings. The van der Waals surface area contributed by atoms with E-state index in [0.717, 1.165) is 16.5 Å². The van der Waals surface area contributed by atoms with Crippen molar-refractivity contribution < 1.29 is 42.5 Å². The zero-order chi connectivity index (χ0) is 17.3. The molecule has 25 heavy (non-hydrogen) atoms. The van der Waals surface area contributed by atoms with Gasteiger partial charge < -0.3 is 4.55 Å². The number of rotatable bonds is 4. The maximum atomic E-state index is 12.0. The van der Waals surface area contributed by atoms with Gasteiger partial charge in [0.2, 0.25) is 0 Å². The Morgan fingerprint density at radius 1 is 0.960 bits per heavy atom. The molecule has 0 saturated heterocycles. The smallest absolute Gasteiger partial charge is 0.744 e. The van der Waals surface area contributed by atoms with E-state index in [1.807, 2.05) is 62.4 Å². The van der Waals surface area contributed by atoms with Gasteiger partial charge in [0.15, 0.2) is 0 Å². The van der Waals surface area contributed by atoms with Crippen LogP contribution in [0, 0.1) is 0 Å². The molecule has 3 nitrogen and oxygen atoms in total. The van der Waals surface area contributed by atoms with Gasteiger partial charge in [-0.05, 0) is 39.8 Å². The zero-order valence-corrected chi connectivity index (χ0v) is 17.5. The molecule has 3 aromatic rings. The Morgan fingerprint density at radius 3 is 2.16 bits per heavy atom. The van der Waals surface area contributed by atoms with Crippen LogP contribution in [0.3, 0.4) is 0 Å². The van der Waals surface area contributed by atoms with Crippen LogP contribution in [0.2, 0.25) is 0 Å². The summed E-state index contributed by atoms with van der Waals surface area (Å²) >= 11 is 0. The summed E-state index contributed by atoms with van der Waals surface area (Å²) in [5, 5.41) is 1.29. The Labute approximate surface area is 171 Å². The summed E-state index contributed by atoms with van der Waals surface area (Å²) in [6, 6.07) is 19.0. The minimum atomic E-state index is -4.57. The zero-order valence-electron chi connectivity index (χ0n) is 14.7. The van der Waals surface area contributed by atoms with Gasteiger partial charge >= 0.3 is 29.6 Å². The molecule has 0 heterocycles. The monoisotopic (exact) mass is 362 g/mol. The van der Waals surface area contributed by atoms with Crippen LogP contribution < -0.4 is 29.6 Å². The Morgan fingerprint density at radius 2 is 1.56 bits per heavy atom. The van der Waals surface area contributed by atoms with Crippen molar-refractivity contribution in [2.75, 3.05) is 0 Å². The van der Waals surface area contributed by atoms with Crippen LogP contribution in [0.25, 0.3) is 10.8 Å². The fourth-order valence-electron chi connectivity index (χ4n) is 3.25. The maximum Gasteiger partial charge on any atom is 1.00 e. The standard InChI is InChI=1S/C20H20O3S.Na/c1-14(2)19-17(12-15-8-4-3-5-9-15)13-16-10-6-7-11-18(16)20(19)24(21,22)23;/h3-11,13-14H,12H2,1-2H3,(H,21,22,23);/q;+1/p-1. The van der Waals surface area contributed by atoms with Gasteiger partial charge in [-0.2, -0.15) is 0 Å². The van der Waals surface area contributed by atoms with E-state index in [0.29, 0.717) is 17.4 Å². The van der Waals surface area contributed by atoms with E-state index in [1.54, 1.807) is 12.1 Å². The molecule has 124 valence electrons. The van der Waals surface area contributed by atoms with Crippen molar-refractivity contribution in [1.29, 1.82) is 0 Å². The van der Waals surface area contributed by atoms with Gasteiger partial charge in [0, 0.05) is 0 Å². The number of hydrogen-bond acceptors (Lipinski definition) is 3. The van der Waals surface area contributed by atoms with Gasteiger partial charge in [0.1, 0.15) is 10.1 Å². The van der Waals surface area contributed by atoms with Gasteiger partial charge in [-0.15, -0.1) is 0 Å². The van der Waals surface area contributed by atoms with Gasteiger partial charge in [0.25, 0.3) is 0 Å². The summed E-state index contributed by atoms with van der Waals surface area (Å²) in [7, 11) is -4.57. The molecule has 0 aromatic heterocycles. The molecule has 5 heteroatoms. The Bertz CT molecular complexity index is 980. The second kappa shape index (κ2) is 8.02. The molecular weight excluding hydrogens is 343 g/mol. The average molecular weight is 362 g/mol. The third kappa shape index (κ3) is 4.33. The Balaban J connectivity index is 0.00000225. The number of hydrogen-bond donors (Lipinski definition) is 0. The van der Waals surface area contributed by atoms with E-state index >= 15 is 0 Å². The van der Waals surface area contributed by atoms with Crippen molar-refractivity contribution in [3.05, 3.63) is 77.4 Å². The second-order valence-electron chi connectivity index (χ2n) is 6.27. The minimum Gasteiger partial charge on any atom is -0.744 e. The summed E-state index contributed by atoms with van der Waals surface area (Å²) in [6.07, 6.45) is 0.599. The van der Waals surface area contributed by atoms with Crippen LogP contribution in [0.5, 0.6) is 0 Å². The SMILES string of the molecule is CC(C)c1c(Cc2ccccc2)cc2ccccc2c1S(=O)(=O)[O-].[Na+]. The number of benzene rings is 3. The average Bonchev–Trinajstić information content (AvgIpc) is 2.53. The quantitative estimate of drug-likeness (QED) is 0.522. The molecule has 0 aliphatic carbocycles. The summed E-state index contributed by atoms with van der Waals surface area (Å²) in [5.74, 6) is -0.0629. The first-order valence-electron chi connectivity index (χ1n) is 7.92. The molecule has 3 rings (SSSR count). The van der Waals surface area contributed by atoms with Crippen LogP contribution in [-0.2, 0) is 16.5 Å². The molecule has 0 aliphatic rings. The van der Waals surface area contributed by atoms with E-state index in [4.69, 9.17) is 0 Å². The third-order valence-corrected chi connectivity index (χ3v) is 5.13. The van der Waals surface area contributed by atoms with E-state index in [2.05, 4.69) is 0 Å². The van der Waals surface area contributed by atoms with Crippen LogP contribution in [0.1, 0.15) is 36.5 Å². The van der Waals surface area contributed by atoms with E-state index in [-0.39, 0.29) is 40.4 Å². The van der Waals surface area contributed by atoms with Crippen LogP contribution >= 0.6 is 0 Å². The van der Waals surface area contributed by atoms with Crippen molar-refractivity contribution in [3.8, 4) is 0 Å². The Kier molecular flexibility index (Phi) is 6.46. The predicted octanol–water partition coefficient (Wildman–Crippen LogP) is 1.46. The van der Waals surface area contributed by atoms with Gasteiger partial charge in [-0.3, -0.25) is 0 Å². The molecule has 0 aliphatic heterocycles. The molecular formula is C20H19NaO3S. The normalized spacial score (nSPS) is 11.5. The number of fused-ring (bicyclic) bond motifs is 1. The molecule has 0 N–H and O–H groups in total. The van der Waals surface area contributed by atoms with E-state index in [1.165, 1.54) is 0 Å². The van der Waals surface area contributed by atoms with Crippen molar-refractivity contribution in [2.45, 2.75) is 31.1 Å². The van der Waals surface area contributed by atoms with Crippen molar-refractivity contribution in [2.24, 2.45) is 0 Å². The molecule has 0 radical (unpaired) electrons. The third-order valence-electron chi connectivity index (χ3n) is 4.19. The van der Waals surface area contributed by atoms with Gasteiger partial charge in [-0.25, -0.2) is 8.42 Å². The molecule has 0 spiro atoms. The van der Waals surface area contributed by atoms with Crippen LogP contribution in [0.15, 0.2) is 65.6 Å². The first-order chi connectivity index (χ1) is 11.4. The fraction of sp³-hybridized carbons (Fsp3) is 0.200. The fourth-order valence-corrected chi connectivity index (χ4v) is 4.34. The van der Waals surface area contributed by atoms with Crippen molar-refractivity contribution in [1.82, 2.24) is 0 Å². The summed E-state index contributed by atoms with van der Waals surface area (Å²) in [4.78, 5) is -0.0680. The summed E-state index contributed by atoms with van der Waals surface area (Å²) in [5.41, 5.74) is 2.61. The summed E-state index contributed by atoms with van der Waals surface area (Å²) < 4.78 is 36.1. The first kappa shape index (κ1) is 20.1. The van der Waals surface area contributed by atoms with Gasteiger partial charge in [-0.1, -0.05) is 74.5 Å². The molecule has 0 bridgehead atoms. The van der Waals surface area contributed by atoms with Crippen LogP contribution in [0.4, 0.5) is 0 Å². The molecule has 0 amide bonds.